The summed E-state index contributed by atoms with van der Waals surface area (Å²) in [4.78, 5) is 20.8. The number of nitrogens with one attached hydrogen (secondary N) is 1. The maximum absolute atomic E-state index is 10.4. The first-order valence-electron chi connectivity index (χ1n) is 4.84. The van der Waals surface area contributed by atoms with Gasteiger partial charge >= 0.3 is 11.9 Å². The molecule has 0 aliphatic carbocycles. The number of hydrogen-bond donors (Lipinski definition) is 3. The summed E-state index contributed by atoms with van der Waals surface area (Å²) < 4.78 is -1.76. The van der Waals surface area contributed by atoms with E-state index in [9.17, 15) is 9.59 Å². The molecule has 0 radical (unpaired) electrons. The molecule has 0 rings (SSSR count). The SMILES string of the molecule is C=CCC(I)(C(=O)O)C(=O)O.CCNCC. The molecule has 94 valence electrons. The third-order valence-electron chi connectivity index (χ3n) is 1.60. The van der Waals surface area contributed by atoms with Crippen molar-refractivity contribution in [1.82, 2.24) is 5.32 Å². The van der Waals surface area contributed by atoms with E-state index in [1.807, 2.05) is 0 Å². The van der Waals surface area contributed by atoms with Crippen LogP contribution >= 0.6 is 22.6 Å². The second-order valence-corrected chi connectivity index (χ2v) is 4.70. The molecule has 0 aromatic rings. The van der Waals surface area contributed by atoms with Crippen LogP contribution < -0.4 is 5.32 Å². The summed E-state index contributed by atoms with van der Waals surface area (Å²) >= 11 is 1.38. The lowest BCUT2D eigenvalue weighted by Crippen LogP contribution is -2.39. The lowest BCUT2D eigenvalue weighted by Gasteiger charge is -2.14. The molecule has 0 amide bonds. The van der Waals surface area contributed by atoms with E-state index >= 15 is 0 Å². The van der Waals surface area contributed by atoms with Crippen molar-refractivity contribution in [2.45, 2.75) is 23.7 Å². The molecule has 0 aromatic carbocycles. The molecule has 16 heavy (non-hydrogen) atoms. The normalized spacial score (nSPS) is 9.94. The highest BCUT2D eigenvalue weighted by Gasteiger charge is 2.42. The van der Waals surface area contributed by atoms with E-state index < -0.39 is 15.4 Å². The molecule has 5 nitrogen and oxygen atoms in total. The van der Waals surface area contributed by atoms with Gasteiger partial charge in [-0.3, -0.25) is 9.59 Å². The predicted molar refractivity (Wildman–Crippen MR) is 71.1 cm³/mol. The van der Waals surface area contributed by atoms with Crippen LogP contribution in [0.5, 0.6) is 0 Å². The molecule has 0 aliphatic heterocycles. The fourth-order valence-corrected chi connectivity index (χ4v) is 1.03. The van der Waals surface area contributed by atoms with Gasteiger partial charge < -0.3 is 15.5 Å². The van der Waals surface area contributed by atoms with Crippen molar-refractivity contribution in [3.05, 3.63) is 12.7 Å². The van der Waals surface area contributed by atoms with Gasteiger partial charge in [-0.15, -0.1) is 6.58 Å². The first-order chi connectivity index (χ1) is 7.36. The number of allylic oxidation sites excluding steroid dienone is 1. The van der Waals surface area contributed by atoms with Gasteiger partial charge in [0.05, 0.1) is 0 Å². The Balaban J connectivity index is 0. The van der Waals surface area contributed by atoms with Crippen LogP contribution in [0, 0.1) is 0 Å². The first kappa shape index (κ1) is 17.8. The van der Waals surface area contributed by atoms with E-state index in [-0.39, 0.29) is 6.42 Å². The fraction of sp³-hybridized carbons (Fsp3) is 0.600. The van der Waals surface area contributed by atoms with Crippen LogP contribution in [0.1, 0.15) is 20.3 Å². The Morgan fingerprint density at radius 1 is 1.31 bits per heavy atom. The summed E-state index contributed by atoms with van der Waals surface area (Å²) in [7, 11) is 0. The number of alkyl halides is 1. The lowest BCUT2D eigenvalue weighted by molar-refractivity contribution is -0.150. The summed E-state index contributed by atoms with van der Waals surface area (Å²) in [6, 6.07) is 0. The van der Waals surface area contributed by atoms with Crippen LogP contribution in [0.4, 0.5) is 0 Å². The first-order valence-corrected chi connectivity index (χ1v) is 5.91. The highest BCUT2D eigenvalue weighted by Crippen LogP contribution is 2.24. The van der Waals surface area contributed by atoms with Gasteiger partial charge in [0, 0.05) is 6.42 Å². The Hall–Kier alpha value is -0.630. The van der Waals surface area contributed by atoms with Gasteiger partial charge in [-0.1, -0.05) is 42.5 Å². The smallest absolute Gasteiger partial charge is 0.331 e. The predicted octanol–water partition coefficient (Wildman–Crippen LogP) is 1.52. The molecule has 0 heterocycles. The molecular weight excluding hydrogens is 325 g/mol. The maximum atomic E-state index is 10.4. The second kappa shape index (κ2) is 9.59. The third-order valence-corrected chi connectivity index (χ3v) is 2.97. The molecule has 0 bridgehead atoms. The molecule has 6 heteroatoms. The highest BCUT2D eigenvalue weighted by molar-refractivity contribution is 14.1. The summed E-state index contributed by atoms with van der Waals surface area (Å²) in [5.41, 5.74) is 0. The number of hydrogen-bond acceptors (Lipinski definition) is 3. The largest absolute Gasteiger partial charge is 0.480 e. The van der Waals surface area contributed by atoms with Gasteiger partial charge in [-0.05, 0) is 13.1 Å². The van der Waals surface area contributed by atoms with Crippen molar-refractivity contribution in [2.75, 3.05) is 13.1 Å². The van der Waals surface area contributed by atoms with Crippen molar-refractivity contribution >= 4 is 34.5 Å². The van der Waals surface area contributed by atoms with E-state index in [0.717, 1.165) is 13.1 Å². The van der Waals surface area contributed by atoms with Gasteiger partial charge in [-0.2, -0.15) is 0 Å². The van der Waals surface area contributed by atoms with Crippen LogP contribution in [0.25, 0.3) is 0 Å². The second-order valence-electron chi connectivity index (χ2n) is 2.86. The van der Waals surface area contributed by atoms with Crippen molar-refractivity contribution in [2.24, 2.45) is 0 Å². The quantitative estimate of drug-likeness (QED) is 0.295. The van der Waals surface area contributed by atoms with Gasteiger partial charge in [0.1, 0.15) is 0 Å². The zero-order chi connectivity index (χ0) is 13.2. The zero-order valence-corrected chi connectivity index (χ0v) is 11.7. The van der Waals surface area contributed by atoms with E-state index in [4.69, 9.17) is 10.2 Å². The van der Waals surface area contributed by atoms with Crippen LogP contribution in [-0.2, 0) is 9.59 Å². The number of halogens is 1. The van der Waals surface area contributed by atoms with Crippen LogP contribution in [-0.4, -0.2) is 38.7 Å². The minimum Gasteiger partial charge on any atom is -0.480 e. The standard InChI is InChI=1S/C6H7IO4.C4H11N/c1-2-3-6(7,4(8)9)5(10)11;1-3-5-4-2/h2H,1,3H2,(H,8,9)(H,10,11);5H,3-4H2,1-2H3. The summed E-state index contributed by atoms with van der Waals surface area (Å²) in [5.74, 6) is -2.71. The van der Waals surface area contributed by atoms with E-state index in [2.05, 4.69) is 25.7 Å². The molecule has 0 saturated heterocycles. The Bertz CT molecular complexity index is 227. The van der Waals surface area contributed by atoms with Crippen LogP contribution in [0.15, 0.2) is 12.7 Å². The minimum atomic E-state index is -1.76. The number of carboxylic acid groups (broad SMARTS) is 2. The van der Waals surface area contributed by atoms with Crippen molar-refractivity contribution < 1.29 is 19.8 Å². The summed E-state index contributed by atoms with van der Waals surface area (Å²) in [5, 5.41) is 20.1. The van der Waals surface area contributed by atoms with E-state index in [1.165, 1.54) is 28.7 Å². The summed E-state index contributed by atoms with van der Waals surface area (Å²) in [6.07, 6.45) is 1.19. The van der Waals surface area contributed by atoms with Crippen molar-refractivity contribution in [3.8, 4) is 0 Å². The summed E-state index contributed by atoms with van der Waals surface area (Å²) in [6.45, 7) is 9.67. The molecule has 0 atom stereocenters. The molecule has 0 saturated carbocycles. The highest BCUT2D eigenvalue weighted by atomic mass is 127. The molecule has 0 spiro atoms. The van der Waals surface area contributed by atoms with E-state index in [1.54, 1.807) is 0 Å². The van der Waals surface area contributed by atoms with Gasteiger partial charge in [-0.25, -0.2) is 0 Å². The number of carboxylic acids is 2. The third kappa shape index (κ3) is 6.78. The molecule has 0 fully saturated rings. The molecule has 0 aliphatic rings. The Morgan fingerprint density at radius 2 is 1.69 bits per heavy atom. The zero-order valence-electron chi connectivity index (χ0n) is 9.49. The Labute approximate surface area is 109 Å². The molecule has 0 aromatic heterocycles. The van der Waals surface area contributed by atoms with Gasteiger partial charge in [0.15, 0.2) is 0 Å². The Kier molecular flexibility index (Phi) is 10.6. The Morgan fingerprint density at radius 3 is 1.75 bits per heavy atom. The number of aliphatic carboxylic acids is 2. The van der Waals surface area contributed by atoms with Crippen LogP contribution in [0.2, 0.25) is 0 Å². The van der Waals surface area contributed by atoms with Crippen LogP contribution in [0.3, 0.4) is 0 Å². The monoisotopic (exact) mass is 343 g/mol. The minimum absolute atomic E-state index is 0.0851. The van der Waals surface area contributed by atoms with Gasteiger partial charge in [0.2, 0.25) is 3.42 Å². The topological polar surface area (TPSA) is 86.6 Å². The van der Waals surface area contributed by atoms with Crippen molar-refractivity contribution in [1.29, 1.82) is 0 Å². The molecular formula is C10H18INO4. The fourth-order valence-electron chi connectivity index (χ4n) is 0.715. The number of rotatable bonds is 6. The molecule has 0 unspecified atom stereocenters. The van der Waals surface area contributed by atoms with Crippen molar-refractivity contribution in [3.63, 3.8) is 0 Å². The average Bonchev–Trinajstić information content (AvgIpc) is 2.19. The number of carbonyl (C=O) groups is 2. The maximum Gasteiger partial charge on any atom is 0.331 e. The molecule has 3 N–H and O–H groups in total. The lowest BCUT2D eigenvalue weighted by atomic mass is 10.1. The average molecular weight is 343 g/mol. The van der Waals surface area contributed by atoms with Gasteiger partial charge in [0.25, 0.3) is 0 Å². The van der Waals surface area contributed by atoms with E-state index in [0.29, 0.717) is 0 Å².